The maximum Gasteiger partial charge on any atom is 0.258 e. The lowest BCUT2D eigenvalue weighted by Crippen LogP contribution is -2.14. The van der Waals surface area contributed by atoms with Crippen LogP contribution in [0.15, 0.2) is 77.0 Å². The van der Waals surface area contributed by atoms with E-state index in [-0.39, 0.29) is 12.2 Å². The van der Waals surface area contributed by atoms with Gasteiger partial charge in [-0.25, -0.2) is 9.97 Å². The molecule has 158 valence electrons. The number of hydrogen-bond acceptors (Lipinski definition) is 7. The van der Waals surface area contributed by atoms with Crippen LogP contribution in [0.4, 0.5) is 5.13 Å². The van der Waals surface area contributed by atoms with E-state index in [1.165, 1.54) is 22.5 Å². The van der Waals surface area contributed by atoms with Gasteiger partial charge in [-0.05, 0) is 35.7 Å². The van der Waals surface area contributed by atoms with Crippen molar-refractivity contribution < 1.29 is 4.74 Å². The Bertz CT molecular complexity index is 1430. The highest BCUT2D eigenvalue weighted by Crippen LogP contribution is 2.26. The fourth-order valence-electron chi connectivity index (χ4n) is 3.45. The zero-order valence-corrected chi connectivity index (χ0v) is 17.8. The van der Waals surface area contributed by atoms with Gasteiger partial charge in [0.2, 0.25) is 0 Å². The van der Waals surface area contributed by atoms with Crippen LogP contribution in [0, 0.1) is 0 Å². The van der Waals surface area contributed by atoms with E-state index in [9.17, 15) is 4.79 Å². The highest BCUT2D eigenvalue weighted by Gasteiger charge is 2.14. The van der Waals surface area contributed by atoms with E-state index < -0.39 is 0 Å². The number of anilines is 1. The first-order valence-corrected chi connectivity index (χ1v) is 10.9. The largest absolute Gasteiger partial charge is 0.486 e. The molecule has 3 N–H and O–H groups in total. The number of nitrogens with one attached hydrogen (secondary N) is 1. The fourth-order valence-corrected chi connectivity index (χ4v) is 4.00. The predicted molar refractivity (Wildman–Crippen MR) is 126 cm³/mol. The van der Waals surface area contributed by atoms with Crippen LogP contribution in [0.25, 0.3) is 22.3 Å². The first-order chi connectivity index (χ1) is 15.7. The molecule has 7 nitrogen and oxygen atoms in total. The number of fused-ring (bicyclic) bond motifs is 1. The second-order valence-electron chi connectivity index (χ2n) is 7.23. The van der Waals surface area contributed by atoms with Gasteiger partial charge >= 0.3 is 0 Å². The van der Waals surface area contributed by atoms with Crippen molar-refractivity contribution in [2.45, 2.75) is 13.0 Å². The molecule has 0 fully saturated rings. The summed E-state index contributed by atoms with van der Waals surface area (Å²) in [6.07, 6.45) is 2.43. The number of pyridine rings is 1. The van der Waals surface area contributed by atoms with Crippen LogP contribution in [0.2, 0.25) is 0 Å². The van der Waals surface area contributed by atoms with Crippen LogP contribution in [0.5, 0.6) is 5.75 Å². The van der Waals surface area contributed by atoms with Crippen molar-refractivity contribution in [2.75, 3.05) is 5.73 Å². The number of H-pyrrole nitrogens is 1. The first kappa shape index (κ1) is 19.9. The van der Waals surface area contributed by atoms with Gasteiger partial charge in [-0.2, -0.15) is 0 Å². The molecule has 0 spiro atoms. The van der Waals surface area contributed by atoms with E-state index in [1.807, 2.05) is 42.5 Å². The molecular formula is C24H19N5O2S. The quantitative estimate of drug-likeness (QED) is 0.409. The molecule has 3 heterocycles. The van der Waals surface area contributed by atoms with Crippen molar-refractivity contribution in [1.29, 1.82) is 0 Å². The molecule has 0 amide bonds. The summed E-state index contributed by atoms with van der Waals surface area (Å²) in [6, 6.07) is 19.8. The molecule has 0 aliphatic carbocycles. The Kier molecular flexibility index (Phi) is 5.35. The third kappa shape index (κ3) is 4.21. The zero-order valence-electron chi connectivity index (χ0n) is 17.0. The van der Waals surface area contributed by atoms with Gasteiger partial charge in [0, 0.05) is 11.6 Å². The van der Waals surface area contributed by atoms with Gasteiger partial charge in [0.1, 0.15) is 35.1 Å². The van der Waals surface area contributed by atoms with Crippen molar-refractivity contribution in [3.05, 3.63) is 99.5 Å². The Morgan fingerprint density at radius 3 is 2.50 bits per heavy atom. The Hall–Kier alpha value is -4.04. The molecular weight excluding hydrogens is 422 g/mol. The number of ether oxygens (including phenoxy) is 1. The minimum Gasteiger partial charge on any atom is -0.486 e. The summed E-state index contributed by atoms with van der Waals surface area (Å²) in [5.41, 5.74) is 9.54. The van der Waals surface area contributed by atoms with E-state index in [2.05, 4.69) is 32.1 Å². The molecule has 5 rings (SSSR count). The van der Waals surface area contributed by atoms with Crippen molar-refractivity contribution in [3.8, 4) is 17.1 Å². The molecule has 5 aromatic rings. The maximum atomic E-state index is 12.6. The Morgan fingerprint density at radius 1 is 0.969 bits per heavy atom. The van der Waals surface area contributed by atoms with Crippen LogP contribution < -0.4 is 16.0 Å². The summed E-state index contributed by atoms with van der Waals surface area (Å²) < 4.78 is 5.86. The summed E-state index contributed by atoms with van der Waals surface area (Å²) in [7, 11) is 0. The number of aromatic nitrogens is 4. The fraction of sp³-hybridized carbons (Fsp3) is 0.0833. The number of nitrogens with two attached hydrogens (primary N) is 1. The molecule has 0 aliphatic rings. The molecule has 0 radical (unpaired) electrons. The molecule has 0 saturated carbocycles. The molecule has 0 aliphatic heterocycles. The van der Waals surface area contributed by atoms with Crippen molar-refractivity contribution >= 4 is 27.4 Å². The molecule has 32 heavy (non-hydrogen) atoms. The predicted octanol–water partition coefficient (Wildman–Crippen LogP) is 4.19. The normalized spacial score (nSPS) is 11.0. The van der Waals surface area contributed by atoms with Gasteiger partial charge in [-0.1, -0.05) is 42.5 Å². The Morgan fingerprint density at radius 2 is 1.75 bits per heavy atom. The smallest absolute Gasteiger partial charge is 0.258 e. The molecule has 3 aromatic heterocycles. The standard InChI is InChI=1S/C24H19N5O2S/c25-24-27-19(14-32-24)22-21-18(10-11-26-22)23(30)29-20(28-21)13-31-17-8-6-16(7-9-17)12-15-4-2-1-3-5-15/h1-11,14H,12-13H2,(H2,25,27)(H,28,29,30). The van der Waals surface area contributed by atoms with Gasteiger partial charge in [0.05, 0.1) is 5.39 Å². The van der Waals surface area contributed by atoms with E-state index in [0.717, 1.165) is 6.42 Å². The topological polar surface area (TPSA) is 107 Å². The Balaban J connectivity index is 1.36. The monoisotopic (exact) mass is 441 g/mol. The van der Waals surface area contributed by atoms with Gasteiger partial charge in [-0.15, -0.1) is 11.3 Å². The summed E-state index contributed by atoms with van der Waals surface area (Å²) in [5.74, 6) is 1.11. The molecule has 8 heteroatoms. The zero-order chi connectivity index (χ0) is 21.9. The maximum absolute atomic E-state index is 12.6. The highest BCUT2D eigenvalue weighted by molar-refractivity contribution is 7.13. The van der Waals surface area contributed by atoms with Crippen LogP contribution in [0.3, 0.4) is 0 Å². The minimum absolute atomic E-state index is 0.122. The van der Waals surface area contributed by atoms with Gasteiger partial charge in [0.15, 0.2) is 5.13 Å². The third-order valence-corrected chi connectivity index (χ3v) is 5.66. The van der Waals surface area contributed by atoms with Crippen molar-refractivity contribution in [1.82, 2.24) is 19.9 Å². The number of benzene rings is 2. The number of nitrogen functional groups attached to an aromatic ring is 1. The van der Waals surface area contributed by atoms with E-state index in [4.69, 9.17) is 10.5 Å². The summed E-state index contributed by atoms with van der Waals surface area (Å²) in [6.45, 7) is 0.122. The summed E-state index contributed by atoms with van der Waals surface area (Å²) in [5, 5.41) is 2.67. The van der Waals surface area contributed by atoms with Crippen LogP contribution in [-0.4, -0.2) is 19.9 Å². The number of thiazole rings is 1. The molecule has 0 atom stereocenters. The average Bonchev–Trinajstić information content (AvgIpc) is 3.25. The van der Waals surface area contributed by atoms with Crippen molar-refractivity contribution in [2.24, 2.45) is 0 Å². The van der Waals surface area contributed by atoms with Crippen LogP contribution in [-0.2, 0) is 13.0 Å². The average molecular weight is 442 g/mol. The molecule has 0 saturated heterocycles. The second kappa shape index (κ2) is 8.60. The Labute approximate surface area is 187 Å². The minimum atomic E-state index is -0.251. The summed E-state index contributed by atoms with van der Waals surface area (Å²) in [4.78, 5) is 28.6. The lowest BCUT2D eigenvalue weighted by atomic mass is 10.1. The first-order valence-electron chi connectivity index (χ1n) is 10.0. The SMILES string of the molecule is Nc1nc(-c2nccc3c(=O)[nH]c(COc4ccc(Cc5ccccc5)cc4)nc23)cs1. The molecule has 0 unspecified atom stereocenters. The van der Waals surface area contributed by atoms with Gasteiger partial charge in [-0.3, -0.25) is 9.78 Å². The third-order valence-electron chi connectivity index (χ3n) is 4.99. The molecule has 2 aromatic carbocycles. The number of rotatable bonds is 6. The number of aromatic amines is 1. The van der Waals surface area contributed by atoms with Gasteiger partial charge in [0.25, 0.3) is 5.56 Å². The lowest BCUT2D eigenvalue weighted by molar-refractivity contribution is 0.296. The molecule has 0 bridgehead atoms. The lowest BCUT2D eigenvalue weighted by Gasteiger charge is -2.09. The number of nitrogens with zero attached hydrogens (tertiary/aromatic N) is 3. The summed E-state index contributed by atoms with van der Waals surface area (Å²) >= 11 is 1.31. The number of hydrogen-bond donors (Lipinski definition) is 2. The van der Waals surface area contributed by atoms with Crippen molar-refractivity contribution in [3.63, 3.8) is 0 Å². The van der Waals surface area contributed by atoms with Crippen LogP contribution in [0.1, 0.15) is 17.0 Å². The van der Waals surface area contributed by atoms with E-state index >= 15 is 0 Å². The van der Waals surface area contributed by atoms with Gasteiger partial charge < -0.3 is 15.5 Å². The van der Waals surface area contributed by atoms with Crippen LogP contribution >= 0.6 is 11.3 Å². The van der Waals surface area contributed by atoms with E-state index in [1.54, 1.807) is 17.6 Å². The second-order valence-corrected chi connectivity index (χ2v) is 8.12. The van der Waals surface area contributed by atoms with E-state index in [0.29, 0.717) is 39.0 Å². The highest BCUT2D eigenvalue weighted by atomic mass is 32.1.